The van der Waals surface area contributed by atoms with Crippen LogP contribution in [0.2, 0.25) is 5.02 Å². The lowest BCUT2D eigenvalue weighted by atomic mass is 10.2. The van der Waals surface area contributed by atoms with E-state index in [-0.39, 0.29) is 5.91 Å². The van der Waals surface area contributed by atoms with E-state index in [1.54, 1.807) is 17.6 Å². The van der Waals surface area contributed by atoms with Gasteiger partial charge in [0, 0.05) is 10.6 Å². The molecule has 4 nitrogen and oxygen atoms in total. The van der Waals surface area contributed by atoms with Crippen molar-refractivity contribution in [2.45, 2.75) is 6.54 Å². The Morgan fingerprint density at radius 1 is 1.28 bits per heavy atom. The number of nitrogens with zero attached hydrogens (tertiary/aromatic N) is 3. The molecule has 1 amide bonds. The summed E-state index contributed by atoms with van der Waals surface area (Å²) >= 11 is 8.94. The van der Waals surface area contributed by atoms with E-state index in [1.165, 1.54) is 22.7 Å². The molecule has 0 aliphatic heterocycles. The standard InChI is InChI=1S/C18H10ClN3OS2/c1-2-7-22-14-6-4-12(19)9-16(14)25-18(22)21-17(23)11-3-5-13-15(8-11)24-10-20-13/h1,3-6,8-10H,7H2. The molecule has 0 N–H and O–H groups in total. The molecule has 0 atom stereocenters. The number of amides is 1. The molecular formula is C18H10ClN3OS2. The number of halogens is 1. The molecule has 0 unspecified atom stereocenters. The van der Waals surface area contributed by atoms with Crippen molar-refractivity contribution in [1.29, 1.82) is 0 Å². The van der Waals surface area contributed by atoms with Gasteiger partial charge in [-0.3, -0.25) is 4.79 Å². The third-order valence-corrected chi connectivity index (χ3v) is 5.74. The first-order valence-electron chi connectivity index (χ1n) is 7.30. The van der Waals surface area contributed by atoms with Crippen LogP contribution in [0.3, 0.4) is 0 Å². The Kier molecular flexibility index (Phi) is 4.14. The number of carbonyl (C=O) groups is 1. The van der Waals surface area contributed by atoms with Crippen molar-refractivity contribution in [3.8, 4) is 12.3 Å². The molecular weight excluding hydrogens is 374 g/mol. The van der Waals surface area contributed by atoms with Gasteiger partial charge in [0.25, 0.3) is 5.91 Å². The van der Waals surface area contributed by atoms with Crippen molar-refractivity contribution in [1.82, 2.24) is 9.55 Å². The summed E-state index contributed by atoms with van der Waals surface area (Å²) in [5, 5.41) is 0.634. The Hall–Kier alpha value is -2.46. The van der Waals surface area contributed by atoms with Gasteiger partial charge in [0.1, 0.15) is 0 Å². The molecule has 0 bridgehead atoms. The molecule has 0 spiro atoms. The topological polar surface area (TPSA) is 47.2 Å². The van der Waals surface area contributed by atoms with E-state index in [2.05, 4.69) is 15.9 Å². The second kappa shape index (κ2) is 6.45. The molecule has 2 heterocycles. The average molecular weight is 384 g/mol. The minimum atomic E-state index is -0.307. The summed E-state index contributed by atoms with van der Waals surface area (Å²) in [7, 11) is 0. The molecule has 0 fully saturated rings. The fourth-order valence-electron chi connectivity index (χ4n) is 2.52. The summed E-state index contributed by atoms with van der Waals surface area (Å²) in [6.45, 7) is 0.335. The van der Waals surface area contributed by atoms with Crippen LogP contribution in [0, 0.1) is 12.3 Å². The van der Waals surface area contributed by atoms with Crippen LogP contribution in [0.25, 0.3) is 20.4 Å². The highest BCUT2D eigenvalue weighted by Crippen LogP contribution is 2.22. The van der Waals surface area contributed by atoms with Crippen LogP contribution in [0.1, 0.15) is 10.4 Å². The number of hydrogen-bond donors (Lipinski definition) is 0. The zero-order valence-corrected chi connectivity index (χ0v) is 15.2. The molecule has 4 aromatic rings. The number of terminal acetylenes is 1. The molecule has 25 heavy (non-hydrogen) atoms. The smallest absolute Gasteiger partial charge is 0.279 e. The first-order valence-corrected chi connectivity index (χ1v) is 9.38. The molecule has 0 radical (unpaired) electrons. The van der Waals surface area contributed by atoms with E-state index in [4.69, 9.17) is 18.0 Å². The van der Waals surface area contributed by atoms with E-state index in [0.717, 1.165) is 20.4 Å². The fourth-order valence-corrected chi connectivity index (χ4v) is 4.54. The number of thiazole rings is 2. The van der Waals surface area contributed by atoms with Crippen molar-refractivity contribution >= 4 is 60.6 Å². The van der Waals surface area contributed by atoms with Gasteiger partial charge in [-0.2, -0.15) is 4.99 Å². The molecule has 7 heteroatoms. The monoisotopic (exact) mass is 383 g/mol. The van der Waals surface area contributed by atoms with Gasteiger partial charge >= 0.3 is 0 Å². The maximum atomic E-state index is 12.6. The van der Waals surface area contributed by atoms with Crippen LogP contribution >= 0.6 is 34.3 Å². The van der Waals surface area contributed by atoms with E-state index in [1.807, 2.05) is 28.8 Å². The van der Waals surface area contributed by atoms with E-state index >= 15 is 0 Å². The van der Waals surface area contributed by atoms with Crippen molar-refractivity contribution in [3.63, 3.8) is 0 Å². The SMILES string of the molecule is C#CCn1c(=NC(=O)c2ccc3ncsc3c2)sc2cc(Cl)ccc21. The molecule has 0 saturated heterocycles. The van der Waals surface area contributed by atoms with Gasteiger partial charge in [0.15, 0.2) is 4.80 Å². The zero-order chi connectivity index (χ0) is 17.4. The third kappa shape index (κ3) is 2.98. The van der Waals surface area contributed by atoms with Gasteiger partial charge in [-0.05, 0) is 36.4 Å². The van der Waals surface area contributed by atoms with Gasteiger partial charge in [-0.25, -0.2) is 4.98 Å². The summed E-state index contributed by atoms with van der Waals surface area (Å²) < 4.78 is 3.74. The number of carbonyl (C=O) groups excluding carboxylic acids is 1. The molecule has 4 rings (SSSR count). The van der Waals surface area contributed by atoms with Crippen LogP contribution in [0.5, 0.6) is 0 Å². The molecule has 0 aliphatic carbocycles. The zero-order valence-electron chi connectivity index (χ0n) is 12.8. The summed E-state index contributed by atoms with van der Waals surface area (Å²) in [5.41, 5.74) is 4.07. The lowest BCUT2D eigenvalue weighted by molar-refractivity contribution is 0.0998. The Morgan fingerprint density at radius 3 is 3.00 bits per heavy atom. The van der Waals surface area contributed by atoms with Crippen LogP contribution < -0.4 is 4.80 Å². The summed E-state index contributed by atoms with van der Waals surface area (Å²) in [6.07, 6.45) is 5.48. The first-order chi connectivity index (χ1) is 12.2. The van der Waals surface area contributed by atoms with Gasteiger partial charge in [0.2, 0.25) is 0 Å². The Morgan fingerprint density at radius 2 is 2.16 bits per heavy atom. The van der Waals surface area contributed by atoms with Crippen LogP contribution in [0.4, 0.5) is 0 Å². The average Bonchev–Trinajstić information content (AvgIpc) is 3.19. The number of fused-ring (bicyclic) bond motifs is 2. The van der Waals surface area contributed by atoms with Crippen molar-refractivity contribution in [2.75, 3.05) is 0 Å². The number of aromatic nitrogens is 2. The lowest BCUT2D eigenvalue weighted by Crippen LogP contribution is -2.16. The normalized spacial score (nSPS) is 11.9. The number of rotatable bonds is 2. The van der Waals surface area contributed by atoms with Gasteiger partial charge in [0.05, 0.1) is 32.5 Å². The Balaban J connectivity index is 1.85. The van der Waals surface area contributed by atoms with E-state index < -0.39 is 0 Å². The largest absolute Gasteiger partial charge is 0.305 e. The Bertz CT molecular complexity index is 1230. The second-order valence-corrected chi connectivity index (χ2v) is 7.57. The first kappa shape index (κ1) is 16.0. The third-order valence-electron chi connectivity index (χ3n) is 3.67. The highest BCUT2D eigenvalue weighted by atomic mass is 35.5. The molecule has 122 valence electrons. The summed E-state index contributed by atoms with van der Waals surface area (Å²) in [5.74, 6) is 2.30. The second-order valence-electron chi connectivity index (χ2n) is 5.24. The van der Waals surface area contributed by atoms with Gasteiger partial charge in [-0.15, -0.1) is 17.8 Å². The van der Waals surface area contributed by atoms with Crippen LogP contribution in [-0.2, 0) is 6.54 Å². The van der Waals surface area contributed by atoms with Gasteiger partial charge in [-0.1, -0.05) is 28.9 Å². The number of hydrogen-bond acceptors (Lipinski definition) is 4. The summed E-state index contributed by atoms with van der Waals surface area (Å²) in [6, 6.07) is 10.9. The number of benzene rings is 2. The fraction of sp³-hybridized carbons (Fsp3) is 0.0556. The highest BCUT2D eigenvalue weighted by Gasteiger charge is 2.10. The molecule has 0 aliphatic rings. The van der Waals surface area contributed by atoms with Gasteiger partial charge < -0.3 is 4.57 Å². The predicted molar refractivity (Wildman–Crippen MR) is 103 cm³/mol. The van der Waals surface area contributed by atoms with E-state index in [0.29, 0.717) is 21.9 Å². The van der Waals surface area contributed by atoms with E-state index in [9.17, 15) is 4.79 Å². The minimum Gasteiger partial charge on any atom is -0.305 e. The lowest BCUT2D eigenvalue weighted by Gasteiger charge is -2.00. The molecule has 0 saturated carbocycles. The Labute approximate surface area is 156 Å². The maximum absolute atomic E-state index is 12.6. The minimum absolute atomic E-state index is 0.307. The quantitative estimate of drug-likeness (QED) is 0.483. The van der Waals surface area contributed by atoms with Crippen molar-refractivity contribution < 1.29 is 4.79 Å². The van der Waals surface area contributed by atoms with Crippen molar-refractivity contribution in [3.05, 3.63) is 57.3 Å². The van der Waals surface area contributed by atoms with Crippen molar-refractivity contribution in [2.24, 2.45) is 4.99 Å². The van der Waals surface area contributed by atoms with Crippen LogP contribution in [-0.4, -0.2) is 15.5 Å². The molecule has 2 aromatic heterocycles. The predicted octanol–water partition coefficient (Wildman–Crippen LogP) is 4.34. The molecule has 2 aromatic carbocycles. The highest BCUT2D eigenvalue weighted by molar-refractivity contribution is 7.17. The maximum Gasteiger partial charge on any atom is 0.279 e. The van der Waals surface area contributed by atoms with Crippen LogP contribution in [0.15, 0.2) is 46.9 Å². The summed E-state index contributed by atoms with van der Waals surface area (Å²) in [4.78, 5) is 21.7.